The van der Waals surface area contributed by atoms with Crippen molar-refractivity contribution in [2.75, 3.05) is 20.1 Å². The second kappa shape index (κ2) is 6.87. The van der Waals surface area contributed by atoms with Crippen molar-refractivity contribution in [1.29, 1.82) is 0 Å². The van der Waals surface area contributed by atoms with Crippen LogP contribution in [0.3, 0.4) is 0 Å². The van der Waals surface area contributed by atoms with Crippen molar-refractivity contribution in [2.24, 2.45) is 0 Å². The first-order chi connectivity index (χ1) is 7.24. The van der Waals surface area contributed by atoms with Gasteiger partial charge >= 0.3 is 0 Å². The van der Waals surface area contributed by atoms with Crippen LogP contribution in [0, 0.1) is 12.3 Å². The zero-order chi connectivity index (χ0) is 11.1. The van der Waals surface area contributed by atoms with E-state index in [4.69, 9.17) is 6.42 Å². The monoisotopic (exact) mass is 208 g/mol. The van der Waals surface area contributed by atoms with Crippen LogP contribution in [0.25, 0.3) is 0 Å². The molecule has 2 heteroatoms. The Morgan fingerprint density at radius 1 is 1.53 bits per heavy atom. The lowest BCUT2D eigenvalue weighted by atomic mass is 10.00. The maximum absolute atomic E-state index is 5.27. The molecule has 2 unspecified atom stereocenters. The number of hydrogen-bond acceptors (Lipinski definition) is 2. The zero-order valence-corrected chi connectivity index (χ0v) is 10.1. The molecule has 0 amide bonds. The van der Waals surface area contributed by atoms with E-state index in [0.717, 1.165) is 19.0 Å². The Morgan fingerprint density at radius 2 is 2.33 bits per heavy atom. The van der Waals surface area contributed by atoms with E-state index in [9.17, 15) is 0 Å². The number of nitrogens with zero attached hydrogens (tertiary/aromatic N) is 1. The quantitative estimate of drug-likeness (QED) is 0.694. The molecule has 0 aromatic rings. The average Bonchev–Trinajstić information content (AvgIpc) is 2.21. The first-order valence-corrected chi connectivity index (χ1v) is 6.11. The summed E-state index contributed by atoms with van der Waals surface area (Å²) in [7, 11) is 2.24. The predicted molar refractivity (Wildman–Crippen MR) is 65.8 cm³/mol. The Balaban J connectivity index is 2.11. The number of terminal acetylenes is 1. The van der Waals surface area contributed by atoms with Gasteiger partial charge in [0.15, 0.2) is 0 Å². The SMILES string of the molecule is C#CCC(C)NCCC1CCCCN1C. The van der Waals surface area contributed by atoms with Crippen molar-refractivity contribution >= 4 is 0 Å². The van der Waals surface area contributed by atoms with Crippen LogP contribution in [0.2, 0.25) is 0 Å². The minimum atomic E-state index is 0.462. The molecule has 0 aromatic heterocycles. The summed E-state index contributed by atoms with van der Waals surface area (Å²) in [5, 5.41) is 3.48. The van der Waals surface area contributed by atoms with Crippen molar-refractivity contribution in [3.8, 4) is 12.3 Å². The van der Waals surface area contributed by atoms with Crippen molar-refractivity contribution in [3.63, 3.8) is 0 Å². The summed E-state index contributed by atoms with van der Waals surface area (Å²) in [6, 6.07) is 1.24. The van der Waals surface area contributed by atoms with E-state index in [0.29, 0.717) is 6.04 Å². The van der Waals surface area contributed by atoms with Gasteiger partial charge in [0.2, 0.25) is 0 Å². The van der Waals surface area contributed by atoms with Gasteiger partial charge in [-0.1, -0.05) is 6.42 Å². The summed E-state index contributed by atoms with van der Waals surface area (Å²) in [4.78, 5) is 2.50. The van der Waals surface area contributed by atoms with Crippen LogP contribution >= 0.6 is 0 Å². The third-order valence-electron chi connectivity index (χ3n) is 3.32. The summed E-state index contributed by atoms with van der Waals surface area (Å²) in [6.45, 7) is 4.52. The Labute approximate surface area is 94.4 Å². The summed E-state index contributed by atoms with van der Waals surface area (Å²) in [5.41, 5.74) is 0. The van der Waals surface area contributed by atoms with Gasteiger partial charge in [0.25, 0.3) is 0 Å². The van der Waals surface area contributed by atoms with Crippen molar-refractivity contribution in [3.05, 3.63) is 0 Å². The number of rotatable bonds is 5. The molecule has 0 spiro atoms. The highest BCUT2D eigenvalue weighted by atomic mass is 15.1. The zero-order valence-electron chi connectivity index (χ0n) is 10.1. The Morgan fingerprint density at radius 3 is 3.00 bits per heavy atom. The van der Waals surface area contributed by atoms with Crippen molar-refractivity contribution in [2.45, 2.75) is 51.1 Å². The molecule has 1 aliphatic heterocycles. The third kappa shape index (κ3) is 4.68. The number of likely N-dealkylation sites (tertiary alicyclic amines) is 1. The normalized spacial score (nSPS) is 24.7. The fraction of sp³-hybridized carbons (Fsp3) is 0.846. The van der Waals surface area contributed by atoms with Gasteiger partial charge in [-0.05, 0) is 46.3 Å². The van der Waals surface area contributed by atoms with Crippen LogP contribution in [0.1, 0.15) is 39.0 Å². The fourth-order valence-electron chi connectivity index (χ4n) is 2.25. The summed E-state index contributed by atoms with van der Waals surface area (Å²) in [5.74, 6) is 2.69. The molecule has 0 radical (unpaired) electrons. The van der Waals surface area contributed by atoms with Gasteiger partial charge < -0.3 is 10.2 Å². The van der Waals surface area contributed by atoms with Gasteiger partial charge in [0.1, 0.15) is 0 Å². The fourth-order valence-corrected chi connectivity index (χ4v) is 2.25. The van der Waals surface area contributed by atoms with Gasteiger partial charge in [-0.3, -0.25) is 0 Å². The Bertz CT molecular complexity index is 207. The highest BCUT2D eigenvalue weighted by Gasteiger charge is 2.18. The standard InChI is InChI=1S/C13H24N2/c1-4-7-12(2)14-10-9-13-8-5-6-11-15(13)3/h1,12-14H,5-11H2,2-3H3. The average molecular weight is 208 g/mol. The molecule has 0 bridgehead atoms. The minimum absolute atomic E-state index is 0.462. The molecule has 0 aliphatic carbocycles. The molecule has 86 valence electrons. The first-order valence-electron chi connectivity index (χ1n) is 6.11. The second-order valence-electron chi connectivity index (χ2n) is 4.68. The van der Waals surface area contributed by atoms with E-state index in [-0.39, 0.29) is 0 Å². The smallest absolute Gasteiger partial charge is 0.0238 e. The third-order valence-corrected chi connectivity index (χ3v) is 3.32. The van der Waals surface area contributed by atoms with Crippen LogP contribution in [0.15, 0.2) is 0 Å². The van der Waals surface area contributed by atoms with Crippen molar-refractivity contribution in [1.82, 2.24) is 10.2 Å². The van der Waals surface area contributed by atoms with Crippen LogP contribution in [0.4, 0.5) is 0 Å². The van der Waals surface area contributed by atoms with E-state index in [1.807, 2.05) is 0 Å². The maximum atomic E-state index is 5.27. The van der Waals surface area contributed by atoms with Crippen molar-refractivity contribution < 1.29 is 0 Å². The van der Waals surface area contributed by atoms with Gasteiger partial charge in [0, 0.05) is 18.5 Å². The highest BCUT2D eigenvalue weighted by Crippen LogP contribution is 2.17. The lowest BCUT2D eigenvalue weighted by Gasteiger charge is -2.32. The largest absolute Gasteiger partial charge is 0.313 e. The Kier molecular flexibility index (Phi) is 5.75. The molecule has 1 saturated heterocycles. The van der Waals surface area contributed by atoms with Gasteiger partial charge in [-0.15, -0.1) is 12.3 Å². The number of piperidine rings is 1. The Hall–Kier alpha value is -0.520. The maximum Gasteiger partial charge on any atom is 0.0238 e. The number of hydrogen-bond donors (Lipinski definition) is 1. The van der Waals surface area contributed by atoms with Crippen LogP contribution in [-0.4, -0.2) is 37.1 Å². The summed E-state index contributed by atoms with van der Waals surface area (Å²) in [6.07, 6.45) is 11.5. The summed E-state index contributed by atoms with van der Waals surface area (Å²) >= 11 is 0. The molecule has 1 N–H and O–H groups in total. The molecular formula is C13H24N2. The van der Waals surface area contributed by atoms with Gasteiger partial charge in [-0.25, -0.2) is 0 Å². The first kappa shape index (κ1) is 12.5. The molecular weight excluding hydrogens is 184 g/mol. The van der Waals surface area contributed by atoms with Crippen LogP contribution < -0.4 is 5.32 Å². The molecule has 1 fully saturated rings. The van der Waals surface area contributed by atoms with Gasteiger partial charge in [0.05, 0.1) is 0 Å². The summed E-state index contributed by atoms with van der Waals surface area (Å²) < 4.78 is 0. The van der Waals surface area contributed by atoms with E-state index in [1.54, 1.807) is 0 Å². The van der Waals surface area contributed by atoms with E-state index in [1.165, 1.54) is 32.2 Å². The van der Waals surface area contributed by atoms with E-state index < -0.39 is 0 Å². The van der Waals surface area contributed by atoms with Gasteiger partial charge in [-0.2, -0.15) is 0 Å². The number of nitrogens with one attached hydrogen (secondary N) is 1. The molecule has 15 heavy (non-hydrogen) atoms. The van der Waals surface area contributed by atoms with E-state index >= 15 is 0 Å². The molecule has 1 rings (SSSR count). The molecule has 2 atom stereocenters. The van der Waals surface area contributed by atoms with E-state index in [2.05, 4.69) is 30.1 Å². The minimum Gasteiger partial charge on any atom is -0.313 e. The molecule has 0 saturated carbocycles. The lowest BCUT2D eigenvalue weighted by Crippen LogP contribution is -2.39. The molecule has 1 heterocycles. The topological polar surface area (TPSA) is 15.3 Å². The molecule has 0 aromatic carbocycles. The van der Waals surface area contributed by atoms with Crippen LogP contribution in [0.5, 0.6) is 0 Å². The molecule has 1 aliphatic rings. The second-order valence-corrected chi connectivity index (χ2v) is 4.68. The van der Waals surface area contributed by atoms with Crippen LogP contribution in [-0.2, 0) is 0 Å². The lowest BCUT2D eigenvalue weighted by molar-refractivity contribution is 0.174. The predicted octanol–water partition coefficient (Wildman–Crippen LogP) is 1.86. The molecule has 2 nitrogen and oxygen atoms in total. The highest BCUT2D eigenvalue weighted by molar-refractivity contribution is 4.88.